The smallest absolute Gasteiger partial charge is 0.404 e. The van der Waals surface area contributed by atoms with Gasteiger partial charge in [0.25, 0.3) is 0 Å². The SMILES string of the molecule is CCCCNc1nc(SCCC)nc2c1nnn2[C@@H]1CC[C@@H](O)[C@H]1O.O=C(O)NCC(O)c1ccc(O)cc1. The van der Waals surface area contributed by atoms with Gasteiger partial charge in [-0.1, -0.05) is 49.4 Å². The van der Waals surface area contributed by atoms with Crippen molar-refractivity contribution in [2.75, 3.05) is 24.2 Å². The third kappa shape index (κ3) is 8.39. The van der Waals surface area contributed by atoms with Crippen molar-refractivity contribution in [2.45, 2.75) is 75.5 Å². The lowest BCUT2D eigenvalue weighted by Gasteiger charge is -2.16. The molecule has 4 atom stereocenters. The molecule has 1 fully saturated rings. The fourth-order valence-corrected chi connectivity index (χ4v) is 4.70. The Morgan fingerprint density at radius 3 is 2.51 bits per heavy atom. The largest absolute Gasteiger partial charge is 0.508 e. The number of aliphatic hydroxyl groups excluding tert-OH is 3. The zero-order valence-electron chi connectivity index (χ0n) is 22.1. The number of aromatic hydroxyl groups is 1. The number of aliphatic hydroxyl groups is 3. The normalized spacial score (nSPS) is 19.4. The van der Waals surface area contributed by atoms with Crippen molar-refractivity contribution in [3.05, 3.63) is 29.8 Å². The molecule has 0 bridgehead atoms. The molecule has 7 N–H and O–H groups in total. The van der Waals surface area contributed by atoms with Gasteiger partial charge < -0.3 is 36.2 Å². The van der Waals surface area contributed by atoms with Gasteiger partial charge in [0.2, 0.25) is 0 Å². The molecule has 1 unspecified atom stereocenters. The Hall–Kier alpha value is -3.20. The predicted molar refractivity (Wildman–Crippen MR) is 147 cm³/mol. The van der Waals surface area contributed by atoms with E-state index in [1.165, 1.54) is 24.3 Å². The summed E-state index contributed by atoms with van der Waals surface area (Å²) in [6.07, 6.45) is 0.746. The Morgan fingerprint density at radius 1 is 1.15 bits per heavy atom. The third-order valence-corrected chi connectivity index (χ3v) is 7.20. The number of anilines is 1. The van der Waals surface area contributed by atoms with Crippen molar-refractivity contribution in [1.29, 1.82) is 0 Å². The number of carboxylic acid groups (broad SMARTS) is 1. The van der Waals surface area contributed by atoms with Crippen LogP contribution >= 0.6 is 11.8 Å². The summed E-state index contributed by atoms with van der Waals surface area (Å²) in [6, 6.07) is 5.62. The van der Waals surface area contributed by atoms with Gasteiger partial charge in [0, 0.05) is 12.3 Å². The summed E-state index contributed by atoms with van der Waals surface area (Å²) in [4.78, 5) is 19.3. The average Bonchev–Trinajstić information content (AvgIpc) is 3.49. The third-order valence-electron chi connectivity index (χ3n) is 6.15. The summed E-state index contributed by atoms with van der Waals surface area (Å²) in [5, 5.41) is 61.3. The maximum Gasteiger partial charge on any atom is 0.404 e. The van der Waals surface area contributed by atoms with Gasteiger partial charge in [-0.15, -0.1) is 5.10 Å². The van der Waals surface area contributed by atoms with Crippen molar-refractivity contribution in [3.8, 4) is 5.75 Å². The van der Waals surface area contributed by atoms with E-state index in [1.54, 1.807) is 16.4 Å². The number of carbonyl (C=O) groups is 1. The lowest BCUT2D eigenvalue weighted by atomic mass is 10.1. The molecule has 13 nitrogen and oxygen atoms in total. The number of hydrogen-bond acceptors (Lipinski definition) is 11. The monoisotopic (exact) mass is 563 g/mol. The van der Waals surface area contributed by atoms with Gasteiger partial charge in [0.1, 0.15) is 11.9 Å². The van der Waals surface area contributed by atoms with Crippen LogP contribution in [0.1, 0.15) is 63.7 Å². The number of fused-ring (bicyclic) bond motifs is 1. The maximum atomic E-state index is 10.2. The zero-order chi connectivity index (χ0) is 28.4. The van der Waals surface area contributed by atoms with E-state index in [-0.39, 0.29) is 18.3 Å². The fourth-order valence-electron chi connectivity index (χ4n) is 4.00. The van der Waals surface area contributed by atoms with Crippen molar-refractivity contribution in [1.82, 2.24) is 30.3 Å². The lowest BCUT2D eigenvalue weighted by molar-refractivity contribution is 0.0215. The van der Waals surface area contributed by atoms with Crippen molar-refractivity contribution < 1.29 is 30.3 Å². The van der Waals surface area contributed by atoms with E-state index >= 15 is 0 Å². The molecule has 1 saturated carbocycles. The number of phenolic OH excluding ortho intramolecular Hbond substituents is 1. The Morgan fingerprint density at radius 2 is 1.90 bits per heavy atom. The van der Waals surface area contributed by atoms with Crippen LogP contribution in [0.4, 0.5) is 10.6 Å². The molecule has 1 aromatic carbocycles. The molecule has 4 rings (SSSR count). The second-order valence-corrected chi connectivity index (χ2v) is 10.2. The summed E-state index contributed by atoms with van der Waals surface area (Å²) < 4.78 is 1.65. The van der Waals surface area contributed by atoms with Gasteiger partial charge in [-0.25, -0.2) is 19.4 Å². The summed E-state index contributed by atoms with van der Waals surface area (Å²) in [6.45, 7) is 5.01. The number of benzene rings is 1. The molecule has 39 heavy (non-hydrogen) atoms. The number of nitrogens with one attached hydrogen (secondary N) is 2. The van der Waals surface area contributed by atoms with Gasteiger partial charge >= 0.3 is 6.09 Å². The number of thioether (sulfide) groups is 1. The quantitative estimate of drug-likeness (QED) is 0.102. The van der Waals surface area contributed by atoms with E-state index in [9.17, 15) is 20.1 Å². The van der Waals surface area contributed by atoms with E-state index in [0.29, 0.717) is 40.5 Å². The molecule has 1 amide bonds. The Kier molecular flexibility index (Phi) is 11.5. The van der Waals surface area contributed by atoms with Crippen molar-refractivity contribution in [3.63, 3.8) is 0 Å². The number of unbranched alkanes of at least 4 members (excludes halogenated alkanes) is 1. The highest BCUT2D eigenvalue weighted by Gasteiger charge is 2.37. The number of aromatic nitrogens is 5. The van der Waals surface area contributed by atoms with Crippen molar-refractivity contribution >= 4 is 34.8 Å². The lowest BCUT2D eigenvalue weighted by Crippen LogP contribution is -2.28. The van der Waals surface area contributed by atoms with E-state index in [4.69, 9.17) is 10.2 Å². The number of rotatable bonds is 11. The molecule has 0 aliphatic heterocycles. The van der Waals surface area contributed by atoms with Gasteiger partial charge in [0.05, 0.1) is 24.8 Å². The molecule has 2 heterocycles. The Labute approximate surface area is 230 Å². The predicted octanol–water partition coefficient (Wildman–Crippen LogP) is 2.69. The number of hydrogen-bond donors (Lipinski definition) is 7. The van der Waals surface area contributed by atoms with E-state index in [1.807, 2.05) is 0 Å². The Bertz CT molecular complexity index is 1200. The topological polar surface area (TPSA) is 199 Å². The van der Waals surface area contributed by atoms with Crippen LogP contribution in [0.5, 0.6) is 5.75 Å². The maximum absolute atomic E-state index is 10.2. The molecule has 2 aromatic heterocycles. The highest BCUT2D eigenvalue weighted by Crippen LogP contribution is 2.33. The molecule has 0 saturated heterocycles. The van der Waals surface area contributed by atoms with Crippen LogP contribution in [0, 0.1) is 0 Å². The van der Waals surface area contributed by atoms with Gasteiger partial charge in [-0.05, 0) is 43.4 Å². The summed E-state index contributed by atoms with van der Waals surface area (Å²) >= 11 is 1.60. The van der Waals surface area contributed by atoms with E-state index < -0.39 is 24.4 Å². The minimum absolute atomic E-state index is 0.0693. The summed E-state index contributed by atoms with van der Waals surface area (Å²) in [5.41, 5.74) is 1.79. The van der Waals surface area contributed by atoms with E-state index in [2.05, 4.69) is 44.8 Å². The van der Waals surface area contributed by atoms with Crippen molar-refractivity contribution in [2.24, 2.45) is 0 Å². The zero-order valence-corrected chi connectivity index (χ0v) is 22.9. The van der Waals surface area contributed by atoms with Crippen LogP contribution in [-0.4, -0.2) is 87.6 Å². The molecule has 1 aliphatic rings. The molecule has 14 heteroatoms. The van der Waals surface area contributed by atoms with Crippen LogP contribution in [0.3, 0.4) is 0 Å². The molecule has 0 radical (unpaired) electrons. The van der Waals surface area contributed by atoms with Crippen LogP contribution in [0.25, 0.3) is 11.2 Å². The number of amides is 1. The summed E-state index contributed by atoms with van der Waals surface area (Å²) in [5.74, 6) is 1.73. The van der Waals surface area contributed by atoms with Gasteiger partial charge in [0.15, 0.2) is 22.1 Å². The second-order valence-electron chi connectivity index (χ2n) is 9.19. The standard InChI is InChI=1S/C16H26N6O2S.C9H11NO4/c1-3-5-8-17-14-12-15(19-16(18-14)25-9-4-2)22(21-20-12)10-6-7-11(23)13(10)24;11-7-3-1-6(2-4-7)8(12)5-10-9(13)14/h10-11,13,23-24H,3-9H2,1-2H3,(H,17,18,19);1-4,8,10-12H,5H2,(H,13,14)/t10-,11-,13+;/m1./s1. The molecule has 214 valence electrons. The Balaban J connectivity index is 0.000000255. The number of phenols is 1. The van der Waals surface area contributed by atoms with Crippen LogP contribution in [-0.2, 0) is 0 Å². The average molecular weight is 564 g/mol. The number of nitrogens with zero attached hydrogens (tertiary/aromatic N) is 5. The first-order valence-electron chi connectivity index (χ1n) is 13.0. The molecular weight excluding hydrogens is 526 g/mol. The van der Waals surface area contributed by atoms with Gasteiger partial charge in [-0.3, -0.25) is 0 Å². The highest BCUT2D eigenvalue weighted by atomic mass is 32.2. The minimum atomic E-state index is -1.18. The van der Waals surface area contributed by atoms with Crippen LogP contribution in [0.15, 0.2) is 29.4 Å². The van der Waals surface area contributed by atoms with Crippen LogP contribution in [0.2, 0.25) is 0 Å². The molecule has 3 aromatic rings. The van der Waals surface area contributed by atoms with E-state index in [0.717, 1.165) is 31.6 Å². The molecular formula is C25H37N7O6S. The fraction of sp³-hybridized carbons (Fsp3) is 0.560. The van der Waals surface area contributed by atoms with Crippen LogP contribution < -0.4 is 10.6 Å². The minimum Gasteiger partial charge on any atom is -0.508 e. The van der Waals surface area contributed by atoms with Gasteiger partial charge in [-0.2, -0.15) is 0 Å². The molecule has 0 spiro atoms. The summed E-state index contributed by atoms with van der Waals surface area (Å²) in [7, 11) is 0. The highest BCUT2D eigenvalue weighted by molar-refractivity contribution is 7.99. The first-order chi connectivity index (χ1) is 18.7. The second kappa shape index (κ2) is 14.8. The molecule has 1 aliphatic carbocycles. The first-order valence-corrected chi connectivity index (χ1v) is 14.0. The first kappa shape index (κ1) is 30.3.